The van der Waals surface area contributed by atoms with Crippen LogP contribution in [0.3, 0.4) is 0 Å². The second-order valence-corrected chi connectivity index (χ2v) is 6.12. The van der Waals surface area contributed by atoms with Gasteiger partial charge in [0.25, 0.3) is 5.56 Å². The molecule has 1 fully saturated rings. The minimum Gasteiger partial charge on any atom is -0.398 e. The summed E-state index contributed by atoms with van der Waals surface area (Å²) in [6.45, 7) is 2.08. The molecule has 0 saturated heterocycles. The molecule has 3 N–H and O–H groups in total. The van der Waals surface area contributed by atoms with Gasteiger partial charge in [0.1, 0.15) is 5.82 Å². The number of nitrogens with two attached hydrogens (primary N) is 1. The third kappa shape index (κ3) is 3.06. The van der Waals surface area contributed by atoms with Gasteiger partial charge in [0.2, 0.25) is 0 Å². The molecule has 1 aromatic carbocycles. The first kappa shape index (κ1) is 14.8. The Morgan fingerprint density at radius 3 is 2.68 bits per heavy atom. The lowest BCUT2D eigenvalue weighted by atomic mass is 9.88. The van der Waals surface area contributed by atoms with Crippen LogP contribution in [0.1, 0.15) is 56.3 Å². The molecule has 1 heterocycles. The number of H-pyrrole nitrogens is 1. The van der Waals surface area contributed by atoms with Crippen molar-refractivity contribution in [2.45, 2.75) is 51.4 Å². The van der Waals surface area contributed by atoms with Gasteiger partial charge >= 0.3 is 0 Å². The molecule has 4 nitrogen and oxygen atoms in total. The number of aromatic nitrogens is 2. The van der Waals surface area contributed by atoms with Crippen LogP contribution in [0.2, 0.25) is 0 Å². The molecule has 0 atom stereocenters. The fourth-order valence-corrected chi connectivity index (χ4v) is 3.27. The molecule has 116 valence electrons. The van der Waals surface area contributed by atoms with Crippen LogP contribution in [-0.2, 0) is 6.42 Å². The molecule has 0 aliphatic heterocycles. The topological polar surface area (TPSA) is 71.8 Å². The first-order valence-corrected chi connectivity index (χ1v) is 8.17. The lowest BCUT2D eigenvalue weighted by molar-refractivity contribution is 0.428. The van der Waals surface area contributed by atoms with Crippen LogP contribution in [0.4, 0.5) is 5.69 Å². The minimum atomic E-state index is -0.0799. The summed E-state index contributed by atoms with van der Waals surface area (Å²) in [4.78, 5) is 19.6. The molecule has 1 saturated carbocycles. The number of hydrogen-bond donors (Lipinski definition) is 2. The Morgan fingerprint density at radius 1 is 1.23 bits per heavy atom. The van der Waals surface area contributed by atoms with Gasteiger partial charge in [0.05, 0.1) is 5.69 Å². The monoisotopic (exact) mass is 297 g/mol. The average molecular weight is 297 g/mol. The Labute approximate surface area is 130 Å². The second kappa shape index (κ2) is 6.34. The first-order valence-electron chi connectivity index (χ1n) is 8.17. The molecule has 2 aromatic rings. The summed E-state index contributed by atoms with van der Waals surface area (Å²) < 4.78 is 0. The number of anilines is 1. The highest BCUT2D eigenvalue weighted by Gasteiger charge is 2.18. The van der Waals surface area contributed by atoms with Gasteiger partial charge in [-0.2, -0.15) is 0 Å². The van der Waals surface area contributed by atoms with Crippen molar-refractivity contribution in [1.82, 2.24) is 9.97 Å². The van der Waals surface area contributed by atoms with Crippen molar-refractivity contribution in [2.75, 3.05) is 5.73 Å². The maximum absolute atomic E-state index is 12.0. The molecular weight excluding hydrogens is 274 g/mol. The Kier molecular flexibility index (Phi) is 4.27. The Bertz CT molecular complexity index is 715. The lowest BCUT2D eigenvalue weighted by Gasteiger charge is -2.21. The van der Waals surface area contributed by atoms with Gasteiger partial charge in [0, 0.05) is 23.2 Å². The molecule has 0 bridgehead atoms. The summed E-state index contributed by atoms with van der Waals surface area (Å²) in [6, 6.07) is 7.51. The maximum atomic E-state index is 12.0. The van der Waals surface area contributed by atoms with Crippen LogP contribution >= 0.6 is 0 Å². The summed E-state index contributed by atoms with van der Waals surface area (Å²) in [6.07, 6.45) is 6.86. The maximum Gasteiger partial charge on any atom is 0.251 e. The third-order valence-corrected chi connectivity index (χ3v) is 4.57. The van der Waals surface area contributed by atoms with Gasteiger partial charge in [-0.3, -0.25) is 4.79 Å². The number of nitrogen functional groups attached to an aromatic ring is 1. The molecule has 0 amide bonds. The van der Waals surface area contributed by atoms with Crippen molar-refractivity contribution in [3.05, 3.63) is 46.0 Å². The first-order chi connectivity index (χ1) is 10.7. The van der Waals surface area contributed by atoms with Gasteiger partial charge in [-0.25, -0.2) is 4.98 Å². The zero-order valence-corrected chi connectivity index (χ0v) is 13.1. The number of nitrogens with one attached hydrogen (secondary N) is 1. The number of benzene rings is 1. The summed E-state index contributed by atoms with van der Waals surface area (Å²) >= 11 is 0. The van der Waals surface area contributed by atoms with Crippen LogP contribution in [0.25, 0.3) is 11.3 Å². The Hall–Kier alpha value is -2.10. The number of nitrogens with zero attached hydrogens (tertiary/aromatic N) is 1. The molecule has 3 rings (SSSR count). The Morgan fingerprint density at radius 2 is 2.00 bits per heavy atom. The summed E-state index contributed by atoms with van der Waals surface area (Å²) in [5.41, 5.74) is 9.52. The van der Waals surface area contributed by atoms with Crippen LogP contribution in [0.5, 0.6) is 0 Å². The second-order valence-electron chi connectivity index (χ2n) is 6.12. The van der Waals surface area contributed by atoms with Gasteiger partial charge < -0.3 is 10.7 Å². The molecule has 1 aliphatic rings. The van der Waals surface area contributed by atoms with Crippen molar-refractivity contribution in [3.63, 3.8) is 0 Å². The molecule has 22 heavy (non-hydrogen) atoms. The van der Waals surface area contributed by atoms with Crippen LogP contribution in [0, 0.1) is 0 Å². The summed E-state index contributed by atoms with van der Waals surface area (Å²) in [5.74, 6) is 1.22. The standard InChI is InChI=1S/C18H23N3O/c1-2-12-8-9-14(10-15(12)19)16-11-17(22)21-18(20-16)13-6-4-3-5-7-13/h8-11,13H,2-7,19H2,1H3,(H,20,21,22). The van der Waals surface area contributed by atoms with Crippen molar-refractivity contribution < 1.29 is 0 Å². The highest BCUT2D eigenvalue weighted by Crippen LogP contribution is 2.31. The van der Waals surface area contributed by atoms with E-state index >= 15 is 0 Å². The largest absolute Gasteiger partial charge is 0.398 e. The van der Waals surface area contributed by atoms with Crippen molar-refractivity contribution in [3.8, 4) is 11.3 Å². The number of aryl methyl sites for hydroxylation is 1. The molecule has 4 heteroatoms. The predicted molar refractivity (Wildman–Crippen MR) is 89.9 cm³/mol. The van der Waals surface area contributed by atoms with E-state index in [-0.39, 0.29) is 5.56 Å². The van der Waals surface area contributed by atoms with E-state index in [9.17, 15) is 4.79 Å². The minimum absolute atomic E-state index is 0.0799. The van der Waals surface area contributed by atoms with E-state index in [1.807, 2.05) is 18.2 Å². The fraction of sp³-hybridized carbons (Fsp3) is 0.444. The van der Waals surface area contributed by atoms with Gasteiger partial charge in [0.15, 0.2) is 0 Å². The molecule has 0 radical (unpaired) electrons. The quantitative estimate of drug-likeness (QED) is 0.850. The average Bonchev–Trinajstić information content (AvgIpc) is 2.55. The number of rotatable bonds is 3. The number of aromatic amines is 1. The summed E-state index contributed by atoms with van der Waals surface area (Å²) in [7, 11) is 0. The summed E-state index contributed by atoms with van der Waals surface area (Å²) in [5, 5.41) is 0. The predicted octanol–water partition coefficient (Wildman–Crippen LogP) is 3.63. The van der Waals surface area contributed by atoms with Gasteiger partial charge in [-0.05, 0) is 30.9 Å². The van der Waals surface area contributed by atoms with E-state index in [1.165, 1.54) is 19.3 Å². The normalized spacial score (nSPS) is 15.9. The highest BCUT2D eigenvalue weighted by molar-refractivity contribution is 5.66. The lowest BCUT2D eigenvalue weighted by Crippen LogP contribution is -2.16. The van der Waals surface area contributed by atoms with Crippen molar-refractivity contribution >= 4 is 5.69 Å². The Balaban J connectivity index is 1.98. The van der Waals surface area contributed by atoms with E-state index in [0.29, 0.717) is 5.92 Å². The molecule has 0 spiro atoms. The van der Waals surface area contributed by atoms with Crippen LogP contribution in [0.15, 0.2) is 29.1 Å². The SMILES string of the molecule is CCc1ccc(-c2cc(=O)[nH]c(C3CCCCC3)n2)cc1N. The highest BCUT2D eigenvalue weighted by atomic mass is 16.1. The molecule has 1 aromatic heterocycles. The molecule has 0 unspecified atom stereocenters. The van der Waals surface area contributed by atoms with Gasteiger partial charge in [-0.15, -0.1) is 0 Å². The third-order valence-electron chi connectivity index (χ3n) is 4.57. The van der Waals surface area contributed by atoms with E-state index < -0.39 is 0 Å². The molecular formula is C18H23N3O. The van der Waals surface area contributed by atoms with E-state index in [4.69, 9.17) is 10.7 Å². The van der Waals surface area contributed by atoms with Crippen LogP contribution in [-0.4, -0.2) is 9.97 Å². The zero-order valence-electron chi connectivity index (χ0n) is 13.1. The van der Waals surface area contributed by atoms with E-state index in [1.54, 1.807) is 6.07 Å². The van der Waals surface area contributed by atoms with E-state index in [2.05, 4.69) is 11.9 Å². The smallest absolute Gasteiger partial charge is 0.251 e. The van der Waals surface area contributed by atoms with Crippen LogP contribution < -0.4 is 11.3 Å². The fourth-order valence-electron chi connectivity index (χ4n) is 3.27. The van der Waals surface area contributed by atoms with Crippen molar-refractivity contribution in [1.29, 1.82) is 0 Å². The number of hydrogen-bond acceptors (Lipinski definition) is 3. The van der Waals surface area contributed by atoms with E-state index in [0.717, 1.165) is 47.6 Å². The van der Waals surface area contributed by atoms with Gasteiger partial charge in [-0.1, -0.05) is 38.3 Å². The molecule has 1 aliphatic carbocycles. The van der Waals surface area contributed by atoms with Crippen molar-refractivity contribution in [2.24, 2.45) is 0 Å². The zero-order chi connectivity index (χ0) is 15.5.